The summed E-state index contributed by atoms with van der Waals surface area (Å²) in [6.07, 6.45) is 4.36. The molecule has 3 rings (SSSR count). The van der Waals surface area contributed by atoms with Crippen LogP contribution in [-0.2, 0) is 5.60 Å². The predicted molar refractivity (Wildman–Crippen MR) is 65.5 cm³/mol. The molecule has 0 bridgehead atoms. The summed E-state index contributed by atoms with van der Waals surface area (Å²) in [5.41, 5.74) is 0.440. The molecule has 0 atom stereocenters. The molecule has 0 aromatic heterocycles. The molecule has 16 heavy (non-hydrogen) atoms. The van der Waals surface area contributed by atoms with E-state index in [9.17, 15) is 5.11 Å². The Kier molecular flexibility index (Phi) is 2.48. The van der Waals surface area contributed by atoms with Crippen LogP contribution in [0.4, 0.5) is 0 Å². The molecule has 2 aliphatic carbocycles. The number of hydrogen-bond acceptors (Lipinski definition) is 2. The molecule has 0 heterocycles. The Morgan fingerprint density at radius 3 is 2.69 bits per heavy atom. The van der Waals surface area contributed by atoms with Crippen LogP contribution >= 0.6 is 15.9 Å². The van der Waals surface area contributed by atoms with Crippen LogP contribution in [0.1, 0.15) is 31.2 Å². The van der Waals surface area contributed by atoms with Gasteiger partial charge in [-0.3, -0.25) is 0 Å². The normalized spacial score (nSPS) is 21.9. The Morgan fingerprint density at radius 1 is 1.38 bits per heavy atom. The van der Waals surface area contributed by atoms with Gasteiger partial charge in [0.25, 0.3) is 0 Å². The van der Waals surface area contributed by atoms with Crippen LogP contribution in [0, 0.1) is 5.92 Å². The maximum atomic E-state index is 9.98. The van der Waals surface area contributed by atoms with E-state index in [-0.39, 0.29) is 0 Å². The van der Waals surface area contributed by atoms with Gasteiger partial charge >= 0.3 is 0 Å². The van der Waals surface area contributed by atoms with E-state index in [1.54, 1.807) is 0 Å². The van der Waals surface area contributed by atoms with Gasteiger partial charge in [0, 0.05) is 0 Å². The number of ether oxygens (including phenoxy) is 1. The van der Waals surface area contributed by atoms with Gasteiger partial charge in [-0.2, -0.15) is 0 Å². The standard InChI is InChI=1S/C13H15BrO2/c14-11-7-10(13(15)5-6-13)3-4-12(11)16-8-9-1-2-9/h3-4,7,9,15H,1-2,5-6,8H2. The fourth-order valence-electron chi connectivity index (χ4n) is 1.81. The first-order valence-electron chi connectivity index (χ1n) is 5.83. The monoisotopic (exact) mass is 282 g/mol. The van der Waals surface area contributed by atoms with Crippen molar-refractivity contribution in [3.8, 4) is 5.75 Å². The van der Waals surface area contributed by atoms with Gasteiger partial charge in [0.1, 0.15) is 5.75 Å². The van der Waals surface area contributed by atoms with Crippen LogP contribution in [0.15, 0.2) is 22.7 Å². The van der Waals surface area contributed by atoms with Crippen molar-refractivity contribution in [1.29, 1.82) is 0 Å². The third-order valence-corrected chi connectivity index (χ3v) is 3.98. The summed E-state index contributed by atoms with van der Waals surface area (Å²) in [7, 11) is 0. The van der Waals surface area contributed by atoms with E-state index in [1.807, 2.05) is 18.2 Å². The Morgan fingerprint density at radius 2 is 2.12 bits per heavy atom. The third-order valence-electron chi connectivity index (χ3n) is 3.36. The minimum Gasteiger partial charge on any atom is -0.492 e. The molecule has 0 unspecified atom stereocenters. The van der Waals surface area contributed by atoms with Gasteiger partial charge in [0.15, 0.2) is 0 Å². The highest BCUT2D eigenvalue weighted by molar-refractivity contribution is 9.10. The van der Waals surface area contributed by atoms with Gasteiger partial charge in [-0.05, 0) is 65.2 Å². The first-order valence-corrected chi connectivity index (χ1v) is 6.62. The molecule has 2 saturated carbocycles. The van der Waals surface area contributed by atoms with E-state index in [0.717, 1.165) is 41.2 Å². The second-order valence-corrected chi connectivity index (χ2v) is 5.79. The second-order valence-electron chi connectivity index (χ2n) is 4.93. The fraction of sp³-hybridized carbons (Fsp3) is 0.538. The van der Waals surface area contributed by atoms with E-state index >= 15 is 0 Å². The summed E-state index contributed by atoms with van der Waals surface area (Å²) in [6.45, 7) is 0.822. The molecule has 1 aromatic carbocycles. The van der Waals surface area contributed by atoms with Gasteiger partial charge in [0.05, 0.1) is 16.7 Å². The maximum Gasteiger partial charge on any atom is 0.133 e. The lowest BCUT2D eigenvalue weighted by Gasteiger charge is -2.12. The highest BCUT2D eigenvalue weighted by Gasteiger charge is 2.42. The summed E-state index contributed by atoms with van der Waals surface area (Å²) in [5.74, 6) is 1.65. The van der Waals surface area contributed by atoms with Crippen LogP contribution in [-0.4, -0.2) is 11.7 Å². The van der Waals surface area contributed by atoms with Crippen LogP contribution in [0.5, 0.6) is 5.75 Å². The third kappa shape index (κ3) is 2.11. The molecule has 0 spiro atoms. The summed E-state index contributed by atoms with van der Waals surface area (Å²) < 4.78 is 6.67. The van der Waals surface area contributed by atoms with E-state index in [2.05, 4.69) is 15.9 Å². The molecule has 2 nitrogen and oxygen atoms in total. The molecule has 86 valence electrons. The lowest BCUT2D eigenvalue weighted by atomic mass is 10.1. The highest BCUT2D eigenvalue weighted by atomic mass is 79.9. The quantitative estimate of drug-likeness (QED) is 0.919. The Labute approximate surface area is 104 Å². The zero-order chi connectivity index (χ0) is 11.2. The van der Waals surface area contributed by atoms with Gasteiger partial charge < -0.3 is 9.84 Å². The zero-order valence-corrected chi connectivity index (χ0v) is 10.7. The lowest BCUT2D eigenvalue weighted by Crippen LogP contribution is -2.05. The first-order chi connectivity index (χ1) is 7.67. The van der Waals surface area contributed by atoms with E-state index < -0.39 is 5.60 Å². The Bertz CT molecular complexity index is 408. The van der Waals surface area contributed by atoms with Gasteiger partial charge in [-0.25, -0.2) is 0 Å². The van der Waals surface area contributed by atoms with Crippen molar-refractivity contribution in [2.24, 2.45) is 5.92 Å². The molecule has 2 aliphatic rings. The average Bonchev–Trinajstić information content (AvgIpc) is 3.13. The van der Waals surface area contributed by atoms with Crippen molar-refractivity contribution >= 4 is 15.9 Å². The van der Waals surface area contributed by atoms with Crippen molar-refractivity contribution in [3.63, 3.8) is 0 Å². The van der Waals surface area contributed by atoms with Crippen LogP contribution < -0.4 is 4.74 Å². The maximum absolute atomic E-state index is 9.98. The molecule has 1 aromatic rings. The first kappa shape index (κ1) is 10.6. The van der Waals surface area contributed by atoms with E-state index in [4.69, 9.17) is 4.74 Å². The molecular weight excluding hydrogens is 268 g/mol. The predicted octanol–water partition coefficient (Wildman–Crippen LogP) is 3.22. The topological polar surface area (TPSA) is 29.5 Å². The molecule has 0 radical (unpaired) electrons. The van der Waals surface area contributed by atoms with Gasteiger partial charge in [-0.15, -0.1) is 0 Å². The average molecular weight is 283 g/mol. The van der Waals surface area contributed by atoms with Gasteiger partial charge in [0.2, 0.25) is 0 Å². The lowest BCUT2D eigenvalue weighted by molar-refractivity contribution is 0.151. The minimum atomic E-state index is -0.558. The summed E-state index contributed by atoms with van der Waals surface area (Å²) in [5, 5.41) is 9.98. The summed E-state index contributed by atoms with van der Waals surface area (Å²) in [4.78, 5) is 0. The zero-order valence-electron chi connectivity index (χ0n) is 9.08. The number of rotatable bonds is 4. The second kappa shape index (κ2) is 3.74. The van der Waals surface area contributed by atoms with Crippen molar-refractivity contribution in [2.45, 2.75) is 31.3 Å². The summed E-state index contributed by atoms with van der Waals surface area (Å²) >= 11 is 3.50. The van der Waals surface area contributed by atoms with Crippen molar-refractivity contribution in [1.82, 2.24) is 0 Å². The van der Waals surface area contributed by atoms with E-state index in [1.165, 1.54) is 12.8 Å². The van der Waals surface area contributed by atoms with E-state index in [0.29, 0.717) is 0 Å². The molecular formula is C13H15BrO2. The number of halogens is 1. The molecule has 1 N–H and O–H groups in total. The van der Waals surface area contributed by atoms with Crippen LogP contribution in [0.3, 0.4) is 0 Å². The molecule has 2 fully saturated rings. The number of benzene rings is 1. The SMILES string of the molecule is OC1(c2ccc(OCC3CC3)c(Br)c2)CC1. The molecule has 0 aliphatic heterocycles. The van der Waals surface area contributed by atoms with Crippen LogP contribution in [0.2, 0.25) is 0 Å². The Hall–Kier alpha value is -0.540. The number of hydrogen-bond donors (Lipinski definition) is 1. The van der Waals surface area contributed by atoms with Crippen molar-refractivity contribution in [2.75, 3.05) is 6.61 Å². The molecule has 0 saturated heterocycles. The Balaban J connectivity index is 1.73. The molecule has 0 amide bonds. The van der Waals surface area contributed by atoms with Crippen LogP contribution in [0.25, 0.3) is 0 Å². The minimum absolute atomic E-state index is 0.558. The largest absolute Gasteiger partial charge is 0.492 e. The van der Waals surface area contributed by atoms with Crippen molar-refractivity contribution in [3.05, 3.63) is 28.2 Å². The number of aliphatic hydroxyl groups is 1. The summed E-state index contributed by atoms with van der Waals surface area (Å²) in [6, 6.07) is 5.91. The smallest absolute Gasteiger partial charge is 0.133 e. The van der Waals surface area contributed by atoms with Crippen molar-refractivity contribution < 1.29 is 9.84 Å². The molecule has 3 heteroatoms. The highest BCUT2D eigenvalue weighted by Crippen LogP contribution is 2.46. The fourth-order valence-corrected chi connectivity index (χ4v) is 2.30. The van der Waals surface area contributed by atoms with Gasteiger partial charge in [-0.1, -0.05) is 6.07 Å².